The van der Waals surface area contributed by atoms with E-state index in [-0.39, 0.29) is 11.1 Å². The summed E-state index contributed by atoms with van der Waals surface area (Å²) in [6.07, 6.45) is -0.534. The van der Waals surface area contributed by atoms with Gasteiger partial charge < -0.3 is 4.74 Å². The van der Waals surface area contributed by atoms with Crippen LogP contribution in [0.3, 0.4) is 0 Å². The van der Waals surface area contributed by atoms with E-state index in [2.05, 4.69) is 23.5 Å². The Morgan fingerprint density at radius 2 is 1.59 bits per heavy atom. The first-order chi connectivity index (χ1) is 15.2. The van der Waals surface area contributed by atoms with E-state index in [9.17, 15) is 26.3 Å². The number of fused-ring (bicyclic) bond motifs is 1. The molecule has 0 saturated carbocycles. The fraction of sp³-hybridized carbons (Fsp3) is 0.280. The van der Waals surface area contributed by atoms with Crippen LogP contribution in [0.1, 0.15) is 42.9 Å². The number of aryl methyl sites for hydroxylation is 1. The molecule has 0 aliphatic rings. The van der Waals surface area contributed by atoms with Crippen LogP contribution in [0.15, 0.2) is 42.5 Å². The molecule has 0 heterocycles. The molecule has 32 heavy (non-hydrogen) atoms. The lowest BCUT2D eigenvalue weighted by Crippen LogP contribution is -2.20. The highest BCUT2D eigenvalue weighted by atomic mass is 19.4. The number of ether oxygens (including phenoxy) is 1. The third kappa shape index (κ3) is 5.97. The first kappa shape index (κ1) is 23.5. The highest BCUT2D eigenvalue weighted by Gasteiger charge is 2.29. The highest BCUT2D eigenvalue weighted by Crippen LogP contribution is 2.26. The van der Waals surface area contributed by atoms with Crippen molar-refractivity contribution in [3.8, 4) is 17.6 Å². The van der Waals surface area contributed by atoms with Crippen LogP contribution in [-0.2, 0) is 6.42 Å². The summed E-state index contributed by atoms with van der Waals surface area (Å²) >= 11 is 0. The fourth-order valence-corrected chi connectivity index (χ4v) is 3.24. The second-order valence-electron chi connectivity index (χ2n) is 7.36. The van der Waals surface area contributed by atoms with Gasteiger partial charge >= 0.3 is 6.18 Å². The number of hydrogen-bond acceptors (Lipinski definition) is 1. The van der Waals surface area contributed by atoms with Crippen molar-refractivity contribution in [1.29, 1.82) is 0 Å². The van der Waals surface area contributed by atoms with Crippen LogP contribution in [0.25, 0.3) is 10.8 Å². The lowest BCUT2D eigenvalue weighted by atomic mass is 10.0. The zero-order valence-electron chi connectivity index (χ0n) is 17.3. The number of rotatable bonds is 6. The summed E-state index contributed by atoms with van der Waals surface area (Å²) in [6.45, 7) is 0.297. The average molecular weight is 450 g/mol. The smallest absolute Gasteiger partial charge is 0.422 e. The number of alkyl halides is 3. The first-order valence-corrected chi connectivity index (χ1v) is 10.1. The van der Waals surface area contributed by atoms with Crippen LogP contribution in [-0.4, -0.2) is 12.8 Å². The van der Waals surface area contributed by atoms with E-state index in [1.165, 1.54) is 6.07 Å². The van der Waals surface area contributed by atoms with E-state index in [0.29, 0.717) is 5.39 Å². The minimum atomic E-state index is -4.73. The standard InChI is InChI=1S/C25H20F6O/c1-2-3-4-5-16-7-11-20-19(12-16)10-9-18(23(20)28)8-6-17-13-21(26)24(22(27)14-17)32-15-25(29,30)31/h7,9-14H,2-5,15H2,1H3. The molecule has 0 aromatic heterocycles. The van der Waals surface area contributed by atoms with Crippen LogP contribution in [0, 0.1) is 29.3 Å². The summed E-state index contributed by atoms with van der Waals surface area (Å²) in [6, 6.07) is 10.2. The van der Waals surface area contributed by atoms with Gasteiger partial charge in [-0.25, -0.2) is 13.2 Å². The Labute approximate surface area is 182 Å². The summed E-state index contributed by atoms with van der Waals surface area (Å²) in [7, 11) is 0. The van der Waals surface area contributed by atoms with E-state index in [1.807, 2.05) is 12.1 Å². The van der Waals surface area contributed by atoms with Gasteiger partial charge in [0.2, 0.25) is 0 Å². The molecule has 0 spiro atoms. The minimum absolute atomic E-state index is 0.0365. The Morgan fingerprint density at radius 3 is 2.25 bits per heavy atom. The van der Waals surface area contributed by atoms with Gasteiger partial charge in [0.1, 0.15) is 5.82 Å². The highest BCUT2D eigenvalue weighted by molar-refractivity contribution is 5.85. The molecule has 0 saturated heterocycles. The van der Waals surface area contributed by atoms with Crippen LogP contribution in [0.4, 0.5) is 26.3 Å². The molecule has 3 aromatic rings. The molecule has 0 amide bonds. The van der Waals surface area contributed by atoms with Gasteiger partial charge in [-0.2, -0.15) is 13.2 Å². The third-order valence-electron chi connectivity index (χ3n) is 4.81. The molecule has 0 aliphatic carbocycles. The molecule has 7 heteroatoms. The monoisotopic (exact) mass is 450 g/mol. The average Bonchev–Trinajstić information content (AvgIpc) is 2.72. The summed E-state index contributed by atoms with van der Waals surface area (Å²) in [4.78, 5) is 0. The van der Waals surface area contributed by atoms with Gasteiger partial charge in [-0.1, -0.05) is 55.9 Å². The molecule has 0 fully saturated rings. The van der Waals surface area contributed by atoms with Crippen LogP contribution in [0.2, 0.25) is 0 Å². The third-order valence-corrected chi connectivity index (χ3v) is 4.81. The largest absolute Gasteiger partial charge is 0.478 e. The van der Waals surface area contributed by atoms with Gasteiger partial charge in [-0.15, -0.1) is 0 Å². The predicted octanol–water partition coefficient (Wildman–Crippen LogP) is 7.33. The van der Waals surface area contributed by atoms with Gasteiger partial charge in [0.25, 0.3) is 0 Å². The van der Waals surface area contributed by atoms with E-state index in [4.69, 9.17) is 0 Å². The summed E-state index contributed by atoms with van der Waals surface area (Å²) in [5, 5.41) is 1.11. The Bertz CT molecular complexity index is 1150. The predicted molar refractivity (Wildman–Crippen MR) is 111 cm³/mol. The SMILES string of the molecule is CCCCCc1ccc2c(F)c(C#Cc3cc(F)c(OCC(F)(F)F)c(F)c3)ccc2c1. The van der Waals surface area contributed by atoms with Crippen molar-refractivity contribution in [2.45, 2.75) is 38.8 Å². The van der Waals surface area contributed by atoms with Gasteiger partial charge in [-0.05, 0) is 42.0 Å². The van der Waals surface area contributed by atoms with E-state index in [1.54, 1.807) is 12.1 Å². The number of halogens is 6. The molecule has 1 nitrogen and oxygen atoms in total. The van der Waals surface area contributed by atoms with Gasteiger partial charge in [0.15, 0.2) is 24.0 Å². The van der Waals surface area contributed by atoms with Crippen molar-refractivity contribution < 1.29 is 31.1 Å². The molecule has 0 atom stereocenters. The topological polar surface area (TPSA) is 9.23 Å². The summed E-state index contributed by atoms with van der Waals surface area (Å²) in [5.74, 6) is 0.629. The summed E-state index contributed by atoms with van der Waals surface area (Å²) in [5.41, 5.74) is 0.988. The van der Waals surface area contributed by atoms with Gasteiger partial charge in [0, 0.05) is 10.9 Å². The van der Waals surface area contributed by atoms with Crippen LogP contribution in [0.5, 0.6) is 5.75 Å². The first-order valence-electron chi connectivity index (χ1n) is 10.1. The van der Waals surface area contributed by atoms with Crippen molar-refractivity contribution in [3.05, 3.63) is 76.6 Å². The van der Waals surface area contributed by atoms with Gasteiger partial charge in [0.05, 0.1) is 5.56 Å². The molecule has 3 aromatic carbocycles. The molecule has 0 bridgehead atoms. The molecular formula is C25H20F6O. The Hall–Kier alpha value is -3.14. The van der Waals surface area contributed by atoms with Crippen LogP contribution < -0.4 is 4.74 Å². The van der Waals surface area contributed by atoms with Crippen molar-refractivity contribution in [2.75, 3.05) is 6.61 Å². The van der Waals surface area contributed by atoms with E-state index < -0.39 is 36.0 Å². The molecule has 0 N–H and O–H groups in total. The number of unbranched alkanes of at least 4 members (excludes halogenated alkanes) is 2. The Kier molecular flexibility index (Phi) is 7.34. The van der Waals surface area contributed by atoms with Crippen molar-refractivity contribution >= 4 is 10.8 Å². The maximum atomic E-state index is 14.9. The lowest BCUT2D eigenvalue weighted by Gasteiger charge is -2.10. The second kappa shape index (κ2) is 9.99. The Morgan fingerprint density at radius 1 is 0.875 bits per heavy atom. The van der Waals surface area contributed by atoms with Crippen molar-refractivity contribution in [3.63, 3.8) is 0 Å². The number of benzene rings is 3. The zero-order chi connectivity index (χ0) is 23.3. The molecule has 168 valence electrons. The molecule has 0 radical (unpaired) electrons. The van der Waals surface area contributed by atoms with Crippen molar-refractivity contribution in [2.24, 2.45) is 0 Å². The Balaban J connectivity index is 1.83. The molecule has 0 unspecified atom stereocenters. The summed E-state index contributed by atoms with van der Waals surface area (Å²) < 4.78 is 83.6. The number of hydrogen-bond donors (Lipinski definition) is 0. The van der Waals surface area contributed by atoms with Crippen LogP contribution >= 0.6 is 0 Å². The van der Waals surface area contributed by atoms with E-state index >= 15 is 0 Å². The zero-order valence-corrected chi connectivity index (χ0v) is 17.3. The van der Waals surface area contributed by atoms with Crippen molar-refractivity contribution in [1.82, 2.24) is 0 Å². The second-order valence-corrected chi connectivity index (χ2v) is 7.36. The maximum absolute atomic E-state index is 14.9. The fourth-order valence-electron chi connectivity index (χ4n) is 3.24. The quantitative estimate of drug-likeness (QED) is 0.217. The lowest BCUT2D eigenvalue weighted by molar-refractivity contribution is -0.154. The molecular weight excluding hydrogens is 430 g/mol. The maximum Gasteiger partial charge on any atom is 0.422 e. The minimum Gasteiger partial charge on any atom is -0.478 e. The molecule has 3 rings (SSSR count). The van der Waals surface area contributed by atoms with Gasteiger partial charge in [-0.3, -0.25) is 0 Å². The molecule has 0 aliphatic heterocycles. The van der Waals surface area contributed by atoms with E-state index in [0.717, 1.165) is 48.8 Å². The normalized spacial score (nSPS) is 11.3.